The number of nitrogens with zero attached hydrogens (tertiary/aromatic N) is 1. The third-order valence-corrected chi connectivity index (χ3v) is 2.95. The Morgan fingerprint density at radius 1 is 1.39 bits per heavy atom. The van der Waals surface area contributed by atoms with Gasteiger partial charge in [0.25, 0.3) is 0 Å². The van der Waals surface area contributed by atoms with Crippen LogP contribution in [0.2, 0.25) is 0 Å². The fourth-order valence-corrected chi connectivity index (χ4v) is 1.95. The third-order valence-electron chi connectivity index (χ3n) is 2.95. The third kappa shape index (κ3) is 2.53. The Labute approximate surface area is 104 Å². The van der Waals surface area contributed by atoms with Crippen molar-refractivity contribution in [2.45, 2.75) is 6.42 Å². The highest BCUT2D eigenvalue weighted by molar-refractivity contribution is 5.94. The number of carboxylic acids is 1. The van der Waals surface area contributed by atoms with Crippen LogP contribution in [0.3, 0.4) is 0 Å². The van der Waals surface area contributed by atoms with Gasteiger partial charge in [0.2, 0.25) is 5.91 Å². The lowest BCUT2D eigenvalue weighted by molar-refractivity contribution is -0.120. The van der Waals surface area contributed by atoms with Gasteiger partial charge in [0, 0.05) is 37.4 Å². The summed E-state index contributed by atoms with van der Waals surface area (Å²) in [6.45, 7) is 1.80. The van der Waals surface area contributed by atoms with Crippen LogP contribution in [-0.4, -0.2) is 36.6 Å². The normalized spacial score (nSPS) is 16.0. The molecule has 1 aliphatic rings. The van der Waals surface area contributed by atoms with Gasteiger partial charge in [-0.2, -0.15) is 0 Å². The number of hydrogen-bond donors (Lipinski definition) is 3. The summed E-state index contributed by atoms with van der Waals surface area (Å²) >= 11 is 0. The van der Waals surface area contributed by atoms with Gasteiger partial charge in [-0.3, -0.25) is 4.79 Å². The molecular weight excluding hydrogens is 234 g/mol. The molecule has 0 aliphatic carbocycles. The molecule has 0 aromatic heterocycles. The van der Waals surface area contributed by atoms with E-state index >= 15 is 0 Å². The Hall–Kier alpha value is -2.24. The van der Waals surface area contributed by atoms with Gasteiger partial charge in [-0.05, 0) is 18.2 Å². The van der Waals surface area contributed by atoms with Crippen molar-refractivity contribution >= 4 is 23.3 Å². The number of hydrogen-bond acceptors (Lipinski definition) is 4. The molecule has 1 aromatic carbocycles. The molecule has 1 fully saturated rings. The van der Waals surface area contributed by atoms with Gasteiger partial charge >= 0.3 is 5.97 Å². The predicted molar refractivity (Wildman–Crippen MR) is 67.7 cm³/mol. The van der Waals surface area contributed by atoms with Crippen LogP contribution in [0.5, 0.6) is 0 Å². The second-order valence-corrected chi connectivity index (χ2v) is 4.16. The molecule has 18 heavy (non-hydrogen) atoms. The maximum atomic E-state index is 11.2. The number of aromatic carboxylic acids is 1. The first-order valence-corrected chi connectivity index (χ1v) is 5.72. The first-order chi connectivity index (χ1) is 8.58. The SMILES string of the molecule is Nc1ccc(N2CCNC(=O)CC2)cc1C(=O)O. The Morgan fingerprint density at radius 3 is 2.89 bits per heavy atom. The van der Waals surface area contributed by atoms with Crippen molar-refractivity contribution < 1.29 is 14.7 Å². The van der Waals surface area contributed by atoms with Gasteiger partial charge in [0.05, 0.1) is 5.56 Å². The van der Waals surface area contributed by atoms with Gasteiger partial charge in [0.1, 0.15) is 0 Å². The summed E-state index contributed by atoms with van der Waals surface area (Å²) in [5.41, 5.74) is 6.72. The molecule has 0 spiro atoms. The molecule has 1 heterocycles. The Balaban J connectivity index is 2.25. The van der Waals surface area contributed by atoms with Crippen LogP contribution in [-0.2, 0) is 4.79 Å². The molecule has 1 amide bonds. The zero-order valence-electron chi connectivity index (χ0n) is 9.85. The second kappa shape index (κ2) is 4.95. The predicted octanol–water partition coefficient (Wildman–Crippen LogP) is 0.293. The highest BCUT2D eigenvalue weighted by atomic mass is 16.4. The highest BCUT2D eigenvalue weighted by Crippen LogP contribution is 2.22. The van der Waals surface area contributed by atoms with Gasteiger partial charge in [-0.1, -0.05) is 0 Å². The molecule has 1 aliphatic heterocycles. The summed E-state index contributed by atoms with van der Waals surface area (Å²) in [7, 11) is 0. The van der Waals surface area contributed by atoms with Crippen molar-refractivity contribution in [1.82, 2.24) is 5.32 Å². The van der Waals surface area contributed by atoms with Gasteiger partial charge in [0.15, 0.2) is 0 Å². The van der Waals surface area contributed by atoms with Crippen LogP contribution in [0, 0.1) is 0 Å². The molecule has 0 saturated carbocycles. The Bertz CT molecular complexity index is 487. The zero-order valence-corrected chi connectivity index (χ0v) is 9.85. The van der Waals surface area contributed by atoms with E-state index < -0.39 is 5.97 Å². The number of anilines is 2. The van der Waals surface area contributed by atoms with Crippen molar-refractivity contribution in [2.75, 3.05) is 30.3 Å². The van der Waals surface area contributed by atoms with Crippen LogP contribution < -0.4 is 16.0 Å². The largest absolute Gasteiger partial charge is 0.478 e. The van der Waals surface area contributed by atoms with E-state index in [1.807, 2.05) is 4.90 Å². The summed E-state index contributed by atoms with van der Waals surface area (Å²) in [5.74, 6) is -1.02. The highest BCUT2D eigenvalue weighted by Gasteiger charge is 2.16. The average Bonchev–Trinajstić information content (AvgIpc) is 2.54. The zero-order chi connectivity index (χ0) is 13.1. The molecule has 1 aromatic rings. The van der Waals surface area contributed by atoms with E-state index in [9.17, 15) is 9.59 Å². The first-order valence-electron chi connectivity index (χ1n) is 5.72. The number of carbonyl (C=O) groups is 2. The summed E-state index contributed by atoms with van der Waals surface area (Å²) in [6, 6.07) is 4.91. The van der Waals surface area contributed by atoms with Crippen molar-refractivity contribution in [3.8, 4) is 0 Å². The minimum Gasteiger partial charge on any atom is -0.478 e. The maximum absolute atomic E-state index is 11.2. The molecule has 96 valence electrons. The molecule has 4 N–H and O–H groups in total. The number of nitrogen functional groups attached to an aromatic ring is 1. The Kier molecular flexibility index (Phi) is 3.36. The number of benzene rings is 1. The van der Waals surface area contributed by atoms with Gasteiger partial charge in [-0.15, -0.1) is 0 Å². The summed E-state index contributed by atoms with van der Waals surface area (Å²) in [4.78, 5) is 24.2. The molecule has 1 saturated heterocycles. The number of carboxylic acid groups (broad SMARTS) is 1. The molecule has 0 atom stereocenters. The Morgan fingerprint density at radius 2 is 2.17 bits per heavy atom. The van der Waals surface area contributed by atoms with Crippen LogP contribution in [0.1, 0.15) is 16.8 Å². The monoisotopic (exact) mass is 249 g/mol. The lowest BCUT2D eigenvalue weighted by Crippen LogP contribution is -2.28. The van der Waals surface area contributed by atoms with Crippen molar-refractivity contribution in [3.05, 3.63) is 23.8 Å². The maximum Gasteiger partial charge on any atom is 0.337 e. The van der Waals surface area contributed by atoms with E-state index in [-0.39, 0.29) is 17.2 Å². The van der Waals surface area contributed by atoms with E-state index in [1.165, 1.54) is 0 Å². The second-order valence-electron chi connectivity index (χ2n) is 4.16. The van der Waals surface area contributed by atoms with Crippen molar-refractivity contribution in [2.24, 2.45) is 0 Å². The van der Waals surface area contributed by atoms with Crippen LogP contribution in [0.15, 0.2) is 18.2 Å². The minimum absolute atomic E-state index is 0.0198. The van der Waals surface area contributed by atoms with E-state index in [0.29, 0.717) is 26.1 Å². The fraction of sp³-hybridized carbons (Fsp3) is 0.333. The van der Waals surface area contributed by atoms with Crippen LogP contribution >= 0.6 is 0 Å². The van der Waals surface area contributed by atoms with E-state index in [0.717, 1.165) is 5.69 Å². The van der Waals surface area contributed by atoms with E-state index in [4.69, 9.17) is 10.8 Å². The summed E-state index contributed by atoms with van der Waals surface area (Å²) in [5, 5.41) is 11.8. The number of nitrogens with one attached hydrogen (secondary N) is 1. The minimum atomic E-state index is -1.04. The summed E-state index contributed by atoms with van der Waals surface area (Å²) < 4.78 is 0. The van der Waals surface area contributed by atoms with Crippen molar-refractivity contribution in [1.29, 1.82) is 0 Å². The summed E-state index contributed by atoms with van der Waals surface area (Å²) in [6.07, 6.45) is 0.410. The lowest BCUT2D eigenvalue weighted by Gasteiger charge is -2.22. The number of amides is 1. The molecule has 0 bridgehead atoms. The standard InChI is InChI=1S/C12H15N3O3/c13-10-2-1-8(7-9(10)12(17)18)15-5-3-11(16)14-4-6-15/h1-2,7H,3-6,13H2,(H,14,16)(H,17,18). The first kappa shape index (κ1) is 12.2. The van der Waals surface area contributed by atoms with Gasteiger partial charge < -0.3 is 21.1 Å². The lowest BCUT2D eigenvalue weighted by atomic mass is 10.1. The average molecular weight is 249 g/mol. The molecule has 6 nitrogen and oxygen atoms in total. The van der Waals surface area contributed by atoms with E-state index in [1.54, 1.807) is 18.2 Å². The molecule has 0 unspecified atom stereocenters. The number of carbonyl (C=O) groups excluding carboxylic acids is 1. The van der Waals surface area contributed by atoms with Crippen LogP contribution in [0.4, 0.5) is 11.4 Å². The fourth-order valence-electron chi connectivity index (χ4n) is 1.95. The van der Waals surface area contributed by atoms with E-state index in [2.05, 4.69) is 5.32 Å². The molecular formula is C12H15N3O3. The van der Waals surface area contributed by atoms with Gasteiger partial charge in [-0.25, -0.2) is 4.79 Å². The smallest absolute Gasteiger partial charge is 0.337 e. The van der Waals surface area contributed by atoms with Crippen LogP contribution in [0.25, 0.3) is 0 Å². The van der Waals surface area contributed by atoms with Crippen molar-refractivity contribution in [3.63, 3.8) is 0 Å². The topological polar surface area (TPSA) is 95.7 Å². The molecule has 6 heteroatoms. The quantitative estimate of drug-likeness (QED) is 0.655. The molecule has 0 radical (unpaired) electrons. The number of rotatable bonds is 2. The number of nitrogens with two attached hydrogens (primary N) is 1. The molecule has 2 rings (SSSR count).